The lowest BCUT2D eigenvalue weighted by molar-refractivity contribution is 0.0233. The number of rotatable bonds is 4. The van der Waals surface area contributed by atoms with Crippen molar-refractivity contribution in [2.75, 3.05) is 6.54 Å². The Bertz CT molecular complexity index is 412. The molecule has 1 heterocycles. The van der Waals surface area contributed by atoms with Gasteiger partial charge in [-0.25, -0.2) is 9.78 Å². The third kappa shape index (κ3) is 6.05. The van der Waals surface area contributed by atoms with Gasteiger partial charge in [0.15, 0.2) is 0 Å². The molecule has 0 aliphatic rings. The quantitative estimate of drug-likeness (QED) is 0.785. The largest absolute Gasteiger partial charge is 0.444 e. The van der Waals surface area contributed by atoms with E-state index in [2.05, 4.69) is 20.9 Å². The maximum atomic E-state index is 12.1. The van der Waals surface area contributed by atoms with E-state index in [1.54, 1.807) is 11.1 Å². The first-order chi connectivity index (χ1) is 8.81. The van der Waals surface area contributed by atoms with Crippen LogP contribution in [0.3, 0.4) is 0 Å². The molecule has 0 radical (unpaired) electrons. The molecule has 0 N–H and O–H groups in total. The van der Waals surface area contributed by atoms with Gasteiger partial charge in [-0.2, -0.15) is 0 Å². The van der Waals surface area contributed by atoms with Crippen LogP contribution in [0.4, 0.5) is 4.79 Å². The maximum absolute atomic E-state index is 12.1. The van der Waals surface area contributed by atoms with Crippen molar-refractivity contribution < 1.29 is 9.53 Å². The molecule has 0 fully saturated rings. The Kier molecular flexibility index (Phi) is 5.79. The fourth-order valence-corrected chi connectivity index (χ4v) is 1.79. The molecule has 4 nitrogen and oxygen atoms in total. The van der Waals surface area contributed by atoms with Gasteiger partial charge in [0.1, 0.15) is 10.2 Å². The molecule has 0 atom stereocenters. The van der Waals surface area contributed by atoms with E-state index in [-0.39, 0.29) is 6.09 Å². The van der Waals surface area contributed by atoms with Gasteiger partial charge in [0.2, 0.25) is 0 Å². The molecule has 5 heteroatoms. The Morgan fingerprint density at radius 1 is 1.42 bits per heavy atom. The van der Waals surface area contributed by atoms with E-state index in [1.165, 1.54) is 0 Å². The van der Waals surface area contributed by atoms with E-state index < -0.39 is 5.60 Å². The molecule has 1 amide bonds. The van der Waals surface area contributed by atoms with Crippen molar-refractivity contribution in [2.24, 2.45) is 0 Å². The molecular formula is C14H21BrN2O2. The first kappa shape index (κ1) is 16.0. The summed E-state index contributed by atoms with van der Waals surface area (Å²) in [5.41, 5.74) is 0.517. The van der Waals surface area contributed by atoms with Crippen LogP contribution in [0.2, 0.25) is 0 Å². The van der Waals surface area contributed by atoms with Gasteiger partial charge in [-0.05, 0) is 54.8 Å². The molecule has 0 saturated heterocycles. The monoisotopic (exact) mass is 328 g/mol. The fraction of sp³-hybridized carbons (Fsp3) is 0.571. The van der Waals surface area contributed by atoms with Gasteiger partial charge < -0.3 is 9.64 Å². The summed E-state index contributed by atoms with van der Waals surface area (Å²) in [7, 11) is 0. The molecular weight excluding hydrogens is 308 g/mol. The number of aromatic nitrogens is 1. The SMILES string of the molecule is CCCN(Cc1ccc(Br)nc1)C(=O)OC(C)(C)C. The van der Waals surface area contributed by atoms with Crippen LogP contribution in [0.15, 0.2) is 22.9 Å². The van der Waals surface area contributed by atoms with Crippen molar-refractivity contribution >= 4 is 22.0 Å². The molecule has 1 rings (SSSR count). The maximum Gasteiger partial charge on any atom is 0.410 e. The summed E-state index contributed by atoms with van der Waals surface area (Å²) in [6.45, 7) is 8.84. The summed E-state index contributed by atoms with van der Waals surface area (Å²) in [6.07, 6.45) is 2.37. The molecule has 0 bridgehead atoms. The summed E-state index contributed by atoms with van der Waals surface area (Å²) in [5.74, 6) is 0. The molecule has 0 aliphatic carbocycles. The molecule has 0 saturated carbocycles. The van der Waals surface area contributed by atoms with E-state index in [1.807, 2.05) is 39.8 Å². The Balaban J connectivity index is 2.72. The number of amides is 1. The van der Waals surface area contributed by atoms with E-state index in [9.17, 15) is 4.79 Å². The number of ether oxygens (including phenoxy) is 1. The van der Waals surface area contributed by atoms with Gasteiger partial charge in [-0.3, -0.25) is 0 Å². The van der Waals surface area contributed by atoms with Crippen LogP contribution in [0.1, 0.15) is 39.7 Å². The smallest absolute Gasteiger partial charge is 0.410 e. The number of hydrogen-bond donors (Lipinski definition) is 0. The van der Waals surface area contributed by atoms with Gasteiger partial charge in [-0.1, -0.05) is 13.0 Å². The van der Waals surface area contributed by atoms with Crippen LogP contribution < -0.4 is 0 Å². The first-order valence-electron chi connectivity index (χ1n) is 6.40. The lowest BCUT2D eigenvalue weighted by Gasteiger charge is -2.27. The minimum atomic E-state index is -0.471. The molecule has 0 aromatic carbocycles. The standard InChI is InChI=1S/C14H21BrN2O2/c1-5-8-17(13(18)19-14(2,3)4)10-11-6-7-12(15)16-9-11/h6-7,9H,5,8,10H2,1-4H3. The normalized spacial score (nSPS) is 11.2. The zero-order valence-electron chi connectivity index (χ0n) is 11.9. The van der Waals surface area contributed by atoms with Gasteiger partial charge in [0.25, 0.3) is 0 Å². The van der Waals surface area contributed by atoms with E-state index in [0.29, 0.717) is 13.1 Å². The van der Waals surface area contributed by atoms with Crippen LogP contribution in [-0.4, -0.2) is 28.1 Å². The molecule has 1 aromatic heterocycles. The highest BCUT2D eigenvalue weighted by molar-refractivity contribution is 9.10. The fourth-order valence-electron chi connectivity index (χ4n) is 1.55. The average molecular weight is 329 g/mol. The predicted molar refractivity (Wildman–Crippen MR) is 78.9 cm³/mol. The van der Waals surface area contributed by atoms with E-state index >= 15 is 0 Å². The second-order valence-electron chi connectivity index (χ2n) is 5.39. The van der Waals surface area contributed by atoms with Crippen LogP contribution in [0, 0.1) is 0 Å². The van der Waals surface area contributed by atoms with Gasteiger partial charge >= 0.3 is 6.09 Å². The highest BCUT2D eigenvalue weighted by Crippen LogP contribution is 2.14. The van der Waals surface area contributed by atoms with Gasteiger partial charge in [-0.15, -0.1) is 0 Å². The zero-order valence-corrected chi connectivity index (χ0v) is 13.5. The molecule has 106 valence electrons. The predicted octanol–water partition coefficient (Wildman–Crippen LogP) is 3.99. The summed E-state index contributed by atoms with van der Waals surface area (Å²) < 4.78 is 6.19. The molecule has 0 unspecified atom stereocenters. The third-order valence-corrected chi connectivity index (χ3v) is 2.78. The molecule has 0 aliphatic heterocycles. The van der Waals surface area contributed by atoms with E-state index in [0.717, 1.165) is 16.6 Å². The Morgan fingerprint density at radius 2 is 2.11 bits per heavy atom. The lowest BCUT2D eigenvalue weighted by Crippen LogP contribution is -2.36. The van der Waals surface area contributed by atoms with Crippen LogP contribution in [0.5, 0.6) is 0 Å². The molecule has 1 aromatic rings. The van der Waals surface area contributed by atoms with Crippen molar-refractivity contribution in [3.8, 4) is 0 Å². The van der Waals surface area contributed by atoms with Crippen LogP contribution in [0.25, 0.3) is 0 Å². The van der Waals surface area contributed by atoms with Crippen molar-refractivity contribution in [3.05, 3.63) is 28.5 Å². The van der Waals surface area contributed by atoms with Crippen molar-refractivity contribution in [3.63, 3.8) is 0 Å². The zero-order chi connectivity index (χ0) is 14.5. The second-order valence-corrected chi connectivity index (χ2v) is 6.20. The number of carbonyl (C=O) groups excluding carboxylic acids is 1. The molecule has 19 heavy (non-hydrogen) atoms. The topological polar surface area (TPSA) is 42.4 Å². The van der Waals surface area contributed by atoms with Crippen LogP contribution >= 0.6 is 15.9 Å². The first-order valence-corrected chi connectivity index (χ1v) is 7.19. The highest BCUT2D eigenvalue weighted by atomic mass is 79.9. The summed E-state index contributed by atoms with van der Waals surface area (Å²) in [5, 5.41) is 0. The van der Waals surface area contributed by atoms with Crippen molar-refractivity contribution in [1.82, 2.24) is 9.88 Å². The van der Waals surface area contributed by atoms with Gasteiger partial charge in [0, 0.05) is 12.7 Å². The van der Waals surface area contributed by atoms with Crippen molar-refractivity contribution in [1.29, 1.82) is 0 Å². The Hall–Kier alpha value is -1.10. The number of pyridine rings is 1. The van der Waals surface area contributed by atoms with E-state index in [4.69, 9.17) is 4.74 Å². The van der Waals surface area contributed by atoms with Crippen molar-refractivity contribution in [2.45, 2.75) is 46.3 Å². The number of carbonyl (C=O) groups is 1. The van der Waals surface area contributed by atoms with Gasteiger partial charge in [0.05, 0.1) is 6.54 Å². The summed E-state index contributed by atoms with van der Waals surface area (Å²) in [4.78, 5) is 18.0. The minimum absolute atomic E-state index is 0.280. The average Bonchev–Trinajstić information content (AvgIpc) is 2.29. The minimum Gasteiger partial charge on any atom is -0.444 e. The Labute approximate surface area is 123 Å². The number of hydrogen-bond acceptors (Lipinski definition) is 3. The third-order valence-electron chi connectivity index (χ3n) is 2.31. The van der Waals surface area contributed by atoms with Crippen LogP contribution in [-0.2, 0) is 11.3 Å². The Morgan fingerprint density at radius 3 is 2.58 bits per heavy atom. The summed E-state index contributed by atoms with van der Waals surface area (Å²) >= 11 is 3.29. The lowest BCUT2D eigenvalue weighted by atomic mass is 10.2. The highest BCUT2D eigenvalue weighted by Gasteiger charge is 2.21. The molecule has 0 spiro atoms. The summed E-state index contributed by atoms with van der Waals surface area (Å²) in [6, 6.07) is 3.82. The number of nitrogens with zero attached hydrogens (tertiary/aromatic N) is 2. The number of halogens is 1. The second kappa shape index (κ2) is 6.89.